The third-order valence-corrected chi connectivity index (χ3v) is 5.45. The van der Waals surface area contributed by atoms with Crippen LogP contribution >= 0.6 is 0 Å². The summed E-state index contributed by atoms with van der Waals surface area (Å²) in [7, 11) is -3.50. The molecule has 0 radical (unpaired) electrons. The number of amides is 1. The molecule has 0 spiro atoms. The van der Waals surface area contributed by atoms with Crippen LogP contribution in [0.5, 0.6) is 11.5 Å². The molecule has 0 N–H and O–H groups in total. The second-order valence-corrected chi connectivity index (χ2v) is 7.33. The van der Waals surface area contributed by atoms with Crippen molar-refractivity contribution in [3.8, 4) is 17.6 Å². The molecule has 1 heterocycles. The molecular formula is C17H14N2O4S. The topological polar surface area (TPSA) is 87.5 Å². The van der Waals surface area contributed by atoms with Crippen molar-refractivity contribution in [3.63, 3.8) is 0 Å². The summed E-state index contributed by atoms with van der Waals surface area (Å²) in [4.78, 5) is 12.4. The highest BCUT2D eigenvalue weighted by Crippen LogP contribution is 2.24. The molecule has 2 aromatic rings. The fraction of sp³-hybridized carbons (Fsp3) is 0.176. The van der Waals surface area contributed by atoms with Gasteiger partial charge in [-0.2, -0.15) is 5.26 Å². The Balaban J connectivity index is 1.81. The summed E-state index contributed by atoms with van der Waals surface area (Å²) in [6.45, 7) is 0.210. The van der Waals surface area contributed by atoms with Crippen LogP contribution in [0, 0.1) is 11.3 Å². The molecule has 7 heteroatoms. The second kappa shape index (κ2) is 6.34. The molecule has 122 valence electrons. The van der Waals surface area contributed by atoms with Crippen LogP contribution in [0.25, 0.3) is 0 Å². The van der Waals surface area contributed by atoms with E-state index in [1.54, 1.807) is 42.5 Å². The van der Waals surface area contributed by atoms with E-state index in [4.69, 9.17) is 10.00 Å². The van der Waals surface area contributed by atoms with E-state index >= 15 is 0 Å². The molecule has 1 aliphatic rings. The lowest BCUT2D eigenvalue weighted by Gasteiger charge is -2.15. The Morgan fingerprint density at radius 3 is 2.50 bits per heavy atom. The number of nitriles is 1. The summed E-state index contributed by atoms with van der Waals surface area (Å²) >= 11 is 0. The standard InChI is InChI=1S/C17H14N2O4S/c18-12-13-5-7-15(8-6-13)23-16-4-1-3-14(11-16)17(20)19-9-2-10-24(19,21)22/h1,3-8,11H,2,9-10H2. The molecule has 24 heavy (non-hydrogen) atoms. The predicted molar refractivity (Wildman–Crippen MR) is 87.1 cm³/mol. The maximum Gasteiger partial charge on any atom is 0.267 e. The number of carbonyl (C=O) groups excluding carboxylic acids is 1. The molecule has 1 amide bonds. The maximum absolute atomic E-state index is 12.4. The van der Waals surface area contributed by atoms with Gasteiger partial charge >= 0.3 is 0 Å². The van der Waals surface area contributed by atoms with Gasteiger partial charge in [0.25, 0.3) is 5.91 Å². The van der Waals surface area contributed by atoms with Gasteiger partial charge in [-0.1, -0.05) is 6.07 Å². The van der Waals surface area contributed by atoms with Crippen LogP contribution in [0.3, 0.4) is 0 Å². The first-order chi connectivity index (χ1) is 11.5. The molecule has 0 bridgehead atoms. The van der Waals surface area contributed by atoms with Crippen molar-refractivity contribution in [2.24, 2.45) is 0 Å². The predicted octanol–water partition coefficient (Wildman–Crippen LogP) is 2.53. The monoisotopic (exact) mass is 342 g/mol. The Labute approximate surface area is 139 Å². The van der Waals surface area contributed by atoms with Crippen LogP contribution in [0.4, 0.5) is 0 Å². The van der Waals surface area contributed by atoms with E-state index in [0.29, 0.717) is 23.5 Å². The summed E-state index contributed by atoms with van der Waals surface area (Å²) < 4.78 is 30.3. The minimum Gasteiger partial charge on any atom is -0.457 e. The first-order valence-corrected chi connectivity index (χ1v) is 8.93. The molecule has 2 aromatic carbocycles. The molecule has 1 fully saturated rings. The largest absolute Gasteiger partial charge is 0.457 e. The molecule has 0 aromatic heterocycles. The van der Waals surface area contributed by atoms with E-state index in [1.165, 1.54) is 6.07 Å². The Hall–Kier alpha value is -2.85. The molecular weight excluding hydrogens is 328 g/mol. The number of ether oxygens (including phenoxy) is 1. The third-order valence-electron chi connectivity index (χ3n) is 3.63. The highest BCUT2D eigenvalue weighted by atomic mass is 32.2. The first-order valence-electron chi connectivity index (χ1n) is 7.32. The number of benzene rings is 2. The summed E-state index contributed by atoms with van der Waals surface area (Å²) in [5, 5.41) is 8.78. The summed E-state index contributed by atoms with van der Waals surface area (Å²) in [6.07, 6.45) is 0.454. The maximum atomic E-state index is 12.4. The van der Waals surface area contributed by atoms with E-state index in [1.807, 2.05) is 6.07 Å². The van der Waals surface area contributed by atoms with Crippen LogP contribution in [0.15, 0.2) is 48.5 Å². The molecule has 3 rings (SSSR count). The van der Waals surface area contributed by atoms with Crippen LogP contribution in [-0.2, 0) is 10.0 Å². The van der Waals surface area contributed by atoms with Gasteiger partial charge in [-0.25, -0.2) is 12.7 Å². The molecule has 0 atom stereocenters. The number of nitrogens with zero attached hydrogens (tertiary/aromatic N) is 2. The van der Waals surface area contributed by atoms with Gasteiger partial charge in [0.05, 0.1) is 17.4 Å². The minimum atomic E-state index is -3.50. The Morgan fingerprint density at radius 1 is 1.12 bits per heavy atom. The Bertz CT molecular complexity index is 914. The van der Waals surface area contributed by atoms with Gasteiger partial charge < -0.3 is 4.74 Å². The highest BCUT2D eigenvalue weighted by molar-refractivity contribution is 7.89. The Kier molecular flexibility index (Phi) is 4.23. The molecule has 1 aliphatic heterocycles. The summed E-state index contributed by atoms with van der Waals surface area (Å²) in [5.41, 5.74) is 0.775. The zero-order valence-corrected chi connectivity index (χ0v) is 13.5. The van der Waals surface area contributed by atoms with Crippen molar-refractivity contribution < 1.29 is 17.9 Å². The lowest BCUT2D eigenvalue weighted by atomic mass is 10.2. The molecule has 0 unspecified atom stereocenters. The fourth-order valence-corrected chi connectivity index (χ4v) is 3.92. The zero-order valence-electron chi connectivity index (χ0n) is 12.7. The van der Waals surface area contributed by atoms with Crippen LogP contribution in [0.2, 0.25) is 0 Å². The number of sulfonamides is 1. The average molecular weight is 342 g/mol. The summed E-state index contributed by atoms with van der Waals surface area (Å²) in [6, 6.07) is 14.9. The molecule has 0 aliphatic carbocycles. The van der Waals surface area contributed by atoms with Gasteiger partial charge in [-0.05, 0) is 48.9 Å². The van der Waals surface area contributed by atoms with E-state index in [9.17, 15) is 13.2 Å². The SMILES string of the molecule is N#Cc1ccc(Oc2cccc(C(=O)N3CCCS3(=O)=O)c2)cc1. The zero-order chi connectivity index (χ0) is 17.2. The highest BCUT2D eigenvalue weighted by Gasteiger charge is 2.33. The van der Waals surface area contributed by atoms with Gasteiger partial charge in [0.1, 0.15) is 11.5 Å². The van der Waals surface area contributed by atoms with E-state index in [0.717, 1.165) is 4.31 Å². The van der Waals surface area contributed by atoms with Crippen LogP contribution < -0.4 is 4.74 Å². The van der Waals surface area contributed by atoms with Gasteiger partial charge in [-0.3, -0.25) is 4.79 Å². The molecule has 1 saturated heterocycles. The molecule has 6 nitrogen and oxygen atoms in total. The number of carbonyl (C=O) groups is 1. The van der Waals surface area contributed by atoms with E-state index in [2.05, 4.69) is 0 Å². The van der Waals surface area contributed by atoms with Crippen LogP contribution in [0.1, 0.15) is 22.3 Å². The number of rotatable bonds is 3. The van der Waals surface area contributed by atoms with Crippen molar-refractivity contribution in [3.05, 3.63) is 59.7 Å². The summed E-state index contributed by atoms with van der Waals surface area (Å²) in [5.74, 6) is 0.396. The third kappa shape index (κ3) is 3.24. The van der Waals surface area contributed by atoms with Crippen molar-refractivity contribution in [2.45, 2.75) is 6.42 Å². The lowest BCUT2D eigenvalue weighted by molar-refractivity contribution is 0.0869. The van der Waals surface area contributed by atoms with Crippen molar-refractivity contribution in [1.82, 2.24) is 4.31 Å². The smallest absolute Gasteiger partial charge is 0.267 e. The van der Waals surface area contributed by atoms with E-state index in [-0.39, 0.29) is 17.9 Å². The van der Waals surface area contributed by atoms with Crippen molar-refractivity contribution >= 4 is 15.9 Å². The first kappa shape index (κ1) is 16.0. The van der Waals surface area contributed by atoms with Gasteiger partial charge in [0, 0.05) is 12.1 Å². The van der Waals surface area contributed by atoms with Crippen LogP contribution in [-0.4, -0.2) is 30.9 Å². The van der Waals surface area contributed by atoms with Gasteiger partial charge in [-0.15, -0.1) is 0 Å². The van der Waals surface area contributed by atoms with Crippen molar-refractivity contribution in [1.29, 1.82) is 5.26 Å². The second-order valence-electron chi connectivity index (χ2n) is 5.31. The normalized spacial score (nSPS) is 15.7. The lowest BCUT2D eigenvalue weighted by Crippen LogP contribution is -2.32. The van der Waals surface area contributed by atoms with Crippen molar-refractivity contribution in [2.75, 3.05) is 12.3 Å². The fourth-order valence-electron chi connectivity index (χ4n) is 2.44. The number of hydrogen-bond donors (Lipinski definition) is 0. The quantitative estimate of drug-likeness (QED) is 0.855. The Morgan fingerprint density at radius 2 is 1.88 bits per heavy atom. The number of hydrogen-bond acceptors (Lipinski definition) is 5. The van der Waals surface area contributed by atoms with Gasteiger partial charge in [0.15, 0.2) is 0 Å². The van der Waals surface area contributed by atoms with Gasteiger partial charge in [0.2, 0.25) is 10.0 Å². The average Bonchev–Trinajstić information content (AvgIpc) is 2.94. The molecule has 0 saturated carbocycles. The minimum absolute atomic E-state index is 0.000171. The van der Waals surface area contributed by atoms with E-state index < -0.39 is 15.9 Å².